The topological polar surface area (TPSA) is 79.2 Å². The number of esters is 1. The third kappa shape index (κ3) is 26.2. The lowest BCUT2D eigenvalue weighted by Gasteiger charge is -2.25. The first-order valence-corrected chi connectivity index (χ1v) is 19.7. The van der Waals surface area contributed by atoms with E-state index in [1.165, 1.54) is 147 Å². The summed E-state index contributed by atoms with van der Waals surface area (Å²) in [6, 6.07) is 0.558. The molecule has 0 aromatic carbocycles. The second-order valence-corrected chi connectivity index (χ2v) is 13.9. The van der Waals surface area contributed by atoms with E-state index in [9.17, 15) is 9.59 Å². The van der Waals surface area contributed by atoms with Gasteiger partial charge in [-0.3, -0.25) is 14.6 Å². The molecule has 1 heterocycles. The van der Waals surface area contributed by atoms with E-state index < -0.39 is 5.97 Å². The molecule has 1 rings (SSSR count). The van der Waals surface area contributed by atoms with Crippen LogP contribution in [0.3, 0.4) is 0 Å². The van der Waals surface area contributed by atoms with Crippen LogP contribution in [0.1, 0.15) is 206 Å². The van der Waals surface area contributed by atoms with Crippen molar-refractivity contribution in [2.45, 2.75) is 213 Å². The Morgan fingerprint density at radius 2 is 1.09 bits per heavy atom. The second kappa shape index (κ2) is 31.0. The number of carboxylic acids is 1. The fourth-order valence-electron chi connectivity index (χ4n) is 6.51. The number of carbonyl (C=O) groups is 2. The SMILES string of the molecule is CCCCCCCCCCCCOC(=O)CCCCCCCCCCCN1C(CCCCCCCCCCC(=O)O)=NCC1C. The molecule has 0 bridgehead atoms. The Kier molecular flexibility index (Phi) is 28.6. The van der Waals surface area contributed by atoms with Crippen LogP contribution in [0.2, 0.25) is 0 Å². The molecule has 0 amide bonds. The third-order valence-corrected chi connectivity index (χ3v) is 9.48. The van der Waals surface area contributed by atoms with E-state index in [1.807, 2.05) is 0 Å². The number of hydrogen-bond acceptors (Lipinski definition) is 5. The molecule has 6 heteroatoms. The predicted molar refractivity (Wildman–Crippen MR) is 191 cm³/mol. The highest BCUT2D eigenvalue weighted by Gasteiger charge is 2.22. The van der Waals surface area contributed by atoms with Crippen molar-refractivity contribution < 1.29 is 19.4 Å². The lowest BCUT2D eigenvalue weighted by molar-refractivity contribution is -0.144. The number of aliphatic imine (C=N–C) groups is 1. The van der Waals surface area contributed by atoms with E-state index in [0.29, 0.717) is 25.5 Å². The maximum Gasteiger partial charge on any atom is 0.305 e. The van der Waals surface area contributed by atoms with Gasteiger partial charge >= 0.3 is 11.9 Å². The van der Waals surface area contributed by atoms with Gasteiger partial charge in [0.05, 0.1) is 19.0 Å². The summed E-state index contributed by atoms with van der Waals surface area (Å²) in [5, 5.41) is 8.70. The minimum Gasteiger partial charge on any atom is -0.481 e. The Morgan fingerprint density at radius 3 is 1.62 bits per heavy atom. The fraction of sp³-hybridized carbons (Fsp3) is 0.923. The molecule has 0 saturated carbocycles. The Labute approximate surface area is 278 Å². The highest BCUT2D eigenvalue weighted by atomic mass is 16.5. The van der Waals surface area contributed by atoms with E-state index in [-0.39, 0.29) is 5.97 Å². The first kappa shape index (κ1) is 41.4. The molecule has 45 heavy (non-hydrogen) atoms. The van der Waals surface area contributed by atoms with Crippen LogP contribution in [-0.2, 0) is 14.3 Å². The van der Waals surface area contributed by atoms with Crippen LogP contribution < -0.4 is 0 Å². The van der Waals surface area contributed by atoms with E-state index in [1.54, 1.807) is 0 Å². The van der Waals surface area contributed by atoms with Gasteiger partial charge < -0.3 is 14.7 Å². The minimum absolute atomic E-state index is 0.00439. The van der Waals surface area contributed by atoms with E-state index in [2.05, 4.69) is 18.7 Å². The van der Waals surface area contributed by atoms with Gasteiger partial charge in [-0.15, -0.1) is 0 Å². The quantitative estimate of drug-likeness (QED) is 0.0563. The van der Waals surface area contributed by atoms with Crippen LogP contribution >= 0.6 is 0 Å². The first-order chi connectivity index (χ1) is 22.0. The molecule has 0 fully saturated rings. The van der Waals surface area contributed by atoms with Gasteiger partial charge in [-0.2, -0.15) is 0 Å². The van der Waals surface area contributed by atoms with Gasteiger partial charge in [0.15, 0.2) is 0 Å². The van der Waals surface area contributed by atoms with Crippen molar-refractivity contribution in [1.29, 1.82) is 0 Å². The molecule has 0 aliphatic carbocycles. The maximum absolute atomic E-state index is 12.0. The van der Waals surface area contributed by atoms with Gasteiger partial charge in [0, 0.05) is 31.8 Å². The molecule has 1 atom stereocenters. The number of nitrogens with zero attached hydrogens (tertiary/aromatic N) is 2. The Morgan fingerprint density at radius 1 is 0.644 bits per heavy atom. The molecule has 6 nitrogen and oxygen atoms in total. The molecule has 0 aromatic heterocycles. The summed E-state index contributed by atoms with van der Waals surface area (Å²) in [6.45, 7) is 7.32. The summed E-state index contributed by atoms with van der Waals surface area (Å²) in [5.41, 5.74) is 0. The molecular weight excluding hydrogens is 560 g/mol. The van der Waals surface area contributed by atoms with Crippen LogP contribution in [0.15, 0.2) is 4.99 Å². The van der Waals surface area contributed by atoms with Crippen LogP contribution in [0.25, 0.3) is 0 Å². The number of carbonyl (C=O) groups excluding carboxylic acids is 1. The van der Waals surface area contributed by atoms with Crippen molar-refractivity contribution in [2.75, 3.05) is 19.7 Å². The summed E-state index contributed by atoms with van der Waals surface area (Å²) >= 11 is 0. The standard InChI is InChI=1S/C39H74N2O4/c1-3-4-5-6-7-8-14-19-24-29-34-45-39(44)32-27-22-17-10-9-13-18-23-28-33-41-36(2)35-40-37(41)30-25-20-15-11-12-16-21-26-31-38(42)43/h36H,3-35H2,1-2H3,(H,42,43). The molecule has 1 aliphatic rings. The number of rotatable bonds is 34. The van der Waals surface area contributed by atoms with Gasteiger partial charge in [-0.05, 0) is 39.0 Å². The van der Waals surface area contributed by atoms with Crippen LogP contribution in [0, 0.1) is 0 Å². The van der Waals surface area contributed by atoms with Gasteiger partial charge in [0.1, 0.15) is 0 Å². The third-order valence-electron chi connectivity index (χ3n) is 9.48. The average Bonchev–Trinajstić information content (AvgIpc) is 3.37. The molecule has 0 radical (unpaired) electrons. The van der Waals surface area contributed by atoms with Crippen molar-refractivity contribution >= 4 is 17.8 Å². The highest BCUT2D eigenvalue weighted by Crippen LogP contribution is 2.19. The number of unbranched alkanes of at least 4 members (excludes halogenated alkanes) is 24. The lowest BCUT2D eigenvalue weighted by Crippen LogP contribution is -2.35. The van der Waals surface area contributed by atoms with Crippen LogP contribution in [0.5, 0.6) is 0 Å². The number of hydrogen-bond donors (Lipinski definition) is 1. The molecule has 0 aromatic rings. The number of amidine groups is 1. The van der Waals surface area contributed by atoms with Crippen molar-refractivity contribution in [3.63, 3.8) is 0 Å². The predicted octanol–water partition coefficient (Wildman–Crippen LogP) is 11.4. The van der Waals surface area contributed by atoms with Crippen molar-refractivity contribution in [3.05, 3.63) is 0 Å². The summed E-state index contributed by atoms with van der Waals surface area (Å²) in [4.78, 5) is 30.0. The van der Waals surface area contributed by atoms with Crippen molar-refractivity contribution in [3.8, 4) is 0 Å². The van der Waals surface area contributed by atoms with Gasteiger partial charge in [-0.1, -0.05) is 148 Å². The zero-order valence-electron chi connectivity index (χ0n) is 30.0. The molecule has 1 N–H and O–H groups in total. The molecule has 1 aliphatic heterocycles. The molecule has 264 valence electrons. The fourth-order valence-corrected chi connectivity index (χ4v) is 6.51. The first-order valence-electron chi connectivity index (χ1n) is 19.7. The second-order valence-electron chi connectivity index (χ2n) is 13.9. The van der Waals surface area contributed by atoms with E-state index in [4.69, 9.17) is 14.8 Å². The largest absolute Gasteiger partial charge is 0.481 e. The van der Waals surface area contributed by atoms with Crippen LogP contribution in [-0.4, -0.2) is 53.5 Å². The average molecular weight is 635 g/mol. The Bertz CT molecular complexity index is 726. The summed E-state index contributed by atoms with van der Waals surface area (Å²) in [6.07, 6.45) is 35.7. The normalized spacial score (nSPS) is 14.7. The molecule has 0 saturated heterocycles. The van der Waals surface area contributed by atoms with Crippen LogP contribution in [0.4, 0.5) is 0 Å². The monoisotopic (exact) mass is 635 g/mol. The molecular formula is C39H74N2O4. The zero-order valence-corrected chi connectivity index (χ0v) is 30.0. The minimum atomic E-state index is -0.669. The summed E-state index contributed by atoms with van der Waals surface area (Å²) in [5.74, 6) is 0.681. The number of ether oxygens (including phenoxy) is 1. The van der Waals surface area contributed by atoms with Gasteiger partial charge in [-0.25, -0.2) is 0 Å². The smallest absolute Gasteiger partial charge is 0.305 e. The maximum atomic E-state index is 12.0. The lowest BCUT2D eigenvalue weighted by atomic mass is 10.1. The summed E-state index contributed by atoms with van der Waals surface area (Å²) in [7, 11) is 0. The number of aliphatic carboxylic acids is 1. The zero-order chi connectivity index (χ0) is 32.6. The Hall–Kier alpha value is -1.59. The Balaban J connectivity index is 1.86. The van der Waals surface area contributed by atoms with Gasteiger partial charge in [0.2, 0.25) is 0 Å². The summed E-state index contributed by atoms with van der Waals surface area (Å²) < 4.78 is 5.44. The van der Waals surface area contributed by atoms with E-state index >= 15 is 0 Å². The van der Waals surface area contributed by atoms with E-state index in [0.717, 1.165) is 51.6 Å². The molecule has 1 unspecified atom stereocenters. The van der Waals surface area contributed by atoms with Crippen molar-refractivity contribution in [1.82, 2.24) is 4.90 Å². The van der Waals surface area contributed by atoms with Gasteiger partial charge in [0.25, 0.3) is 0 Å². The number of carboxylic acid groups (broad SMARTS) is 1. The molecule has 0 spiro atoms. The highest BCUT2D eigenvalue weighted by molar-refractivity contribution is 5.84. The van der Waals surface area contributed by atoms with Crippen molar-refractivity contribution in [2.24, 2.45) is 4.99 Å².